The minimum absolute atomic E-state index is 0.178. The molecular weight excluding hydrogens is 206 g/mol. The fourth-order valence-corrected chi connectivity index (χ4v) is 1.68. The number of amides is 2. The number of hydrogen-bond acceptors (Lipinski definition) is 3. The molecule has 1 aliphatic rings. The molecule has 0 atom stereocenters. The van der Waals surface area contributed by atoms with Crippen molar-refractivity contribution in [3.05, 3.63) is 11.8 Å². The third-order valence-corrected chi connectivity index (χ3v) is 2.91. The molecule has 0 bridgehead atoms. The molecule has 2 amide bonds. The van der Waals surface area contributed by atoms with Gasteiger partial charge in [0.15, 0.2) is 0 Å². The molecule has 0 spiro atoms. The maximum atomic E-state index is 11.6. The largest absolute Gasteiger partial charge is 0.335 e. The SMILES string of the molecule is Cn1ncc(CN)c1NC(=O)NC1CCC1. The summed E-state index contributed by atoms with van der Waals surface area (Å²) in [5.74, 6) is 0.666. The van der Waals surface area contributed by atoms with Crippen molar-refractivity contribution in [3.63, 3.8) is 0 Å². The van der Waals surface area contributed by atoms with E-state index in [2.05, 4.69) is 15.7 Å². The van der Waals surface area contributed by atoms with Gasteiger partial charge in [0.05, 0.1) is 6.20 Å². The van der Waals surface area contributed by atoms with Gasteiger partial charge in [0.2, 0.25) is 0 Å². The van der Waals surface area contributed by atoms with Gasteiger partial charge in [-0.2, -0.15) is 5.10 Å². The van der Waals surface area contributed by atoms with E-state index in [1.807, 2.05) is 0 Å². The van der Waals surface area contributed by atoms with Crippen LogP contribution in [0.2, 0.25) is 0 Å². The molecular formula is C10H17N5O. The summed E-state index contributed by atoms with van der Waals surface area (Å²) in [5.41, 5.74) is 6.39. The number of nitrogens with two attached hydrogens (primary N) is 1. The van der Waals surface area contributed by atoms with Crippen LogP contribution in [0.1, 0.15) is 24.8 Å². The lowest BCUT2D eigenvalue weighted by Crippen LogP contribution is -2.42. The predicted molar refractivity (Wildman–Crippen MR) is 60.9 cm³/mol. The number of nitrogens with zero attached hydrogens (tertiary/aromatic N) is 2. The first kappa shape index (κ1) is 10.9. The summed E-state index contributed by atoms with van der Waals surface area (Å²) in [6.45, 7) is 0.368. The second kappa shape index (κ2) is 4.52. The number of urea groups is 1. The zero-order valence-electron chi connectivity index (χ0n) is 9.36. The average Bonchev–Trinajstić information content (AvgIpc) is 2.54. The maximum absolute atomic E-state index is 11.6. The number of nitrogens with one attached hydrogen (secondary N) is 2. The van der Waals surface area contributed by atoms with Crippen LogP contribution < -0.4 is 16.4 Å². The molecule has 1 heterocycles. The van der Waals surface area contributed by atoms with Crippen LogP contribution in [0.25, 0.3) is 0 Å². The van der Waals surface area contributed by atoms with E-state index < -0.39 is 0 Å². The highest BCUT2D eigenvalue weighted by Gasteiger charge is 2.20. The Bertz CT molecular complexity index is 383. The Labute approximate surface area is 94.2 Å². The maximum Gasteiger partial charge on any atom is 0.320 e. The normalized spacial score (nSPS) is 15.6. The zero-order chi connectivity index (χ0) is 11.5. The van der Waals surface area contributed by atoms with E-state index in [1.165, 1.54) is 6.42 Å². The average molecular weight is 223 g/mol. The first-order valence-corrected chi connectivity index (χ1v) is 5.49. The molecule has 1 aromatic rings. The topological polar surface area (TPSA) is 85.0 Å². The first-order valence-electron chi connectivity index (χ1n) is 5.49. The molecule has 16 heavy (non-hydrogen) atoms. The molecule has 0 aliphatic heterocycles. The molecule has 0 saturated heterocycles. The van der Waals surface area contributed by atoms with Gasteiger partial charge in [0, 0.05) is 25.2 Å². The van der Waals surface area contributed by atoms with Crippen LogP contribution in [-0.4, -0.2) is 21.9 Å². The Balaban J connectivity index is 1.96. The number of rotatable bonds is 3. The molecule has 0 radical (unpaired) electrons. The predicted octanol–water partition coefficient (Wildman–Crippen LogP) is 0.553. The Kier molecular flexibility index (Phi) is 3.09. The third kappa shape index (κ3) is 2.16. The Hall–Kier alpha value is -1.56. The van der Waals surface area contributed by atoms with E-state index in [9.17, 15) is 4.79 Å². The number of aryl methyl sites for hydroxylation is 1. The van der Waals surface area contributed by atoms with E-state index in [1.54, 1.807) is 17.9 Å². The van der Waals surface area contributed by atoms with Crippen molar-refractivity contribution < 1.29 is 4.79 Å². The van der Waals surface area contributed by atoms with Crippen molar-refractivity contribution in [3.8, 4) is 0 Å². The highest BCUT2D eigenvalue weighted by atomic mass is 16.2. The summed E-state index contributed by atoms with van der Waals surface area (Å²) in [6.07, 6.45) is 5.01. The quantitative estimate of drug-likeness (QED) is 0.699. The van der Waals surface area contributed by atoms with Gasteiger partial charge in [-0.15, -0.1) is 0 Å². The summed E-state index contributed by atoms with van der Waals surface area (Å²) in [6, 6.07) is 0.151. The molecule has 1 saturated carbocycles. The van der Waals surface area contributed by atoms with Gasteiger partial charge in [-0.05, 0) is 19.3 Å². The van der Waals surface area contributed by atoms with E-state index in [-0.39, 0.29) is 6.03 Å². The number of aromatic nitrogens is 2. The standard InChI is InChI=1S/C10H17N5O/c1-15-9(7(5-11)6-12-15)14-10(16)13-8-3-2-4-8/h6,8H,2-5,11H2,1H3,(H2,13,14,16). The highest BCUT2D eigenvalue weighted by molar-refractivity contribution is 5.89. The van der Waals surface area contributed by atoms with Crippen molar-refractivity contribution in [2.75, 3.05) is 5.32 Å². The molecule has 0 aromatic carbocycles. The van der Waals surface area contributed by atoms with E-state index in [0.717, 1.165) is 18.4 Å². The number of carbonyl (C=O) groups is 1. The van der Waals surface area contributed by atoms with E-state index >= 15 is 0 Å². The van der Waals surface area contributed by atoms with Gasteiger partial charge >= 0.3 is 6.03 Å². The Morgan fingerprint density at radius 2 is 2.44 bits per heavy atom. The molecule has 4 N–H and O–H groups in total. The first-order chi connectivity index (χ1) is 7.70. The Morgan fingerprint density at radius 3 is 3.00 bits per heavy atom. The van der Waals surface area contributed by atoms with Crippen LogP contribution in [0.15, 0.2) is 6.20 Å². The monoisotopic (exact) mass is 223 g/mol. The molecule has 1 aromatic heterocycles. The smallest absolute Gasteiger partial charge is 0.320 e. The molecule has 6 nitrogen and oxygen atoms in total. The van der Waals surface area contributed by atoms with Crippen LogP contribution in [-0.2, 0) is 13.6 Å². The van der Waals surface area contributed by atoms with E-state index in [0.29, 0.717) is 18.4 Å². The molecule has 1 fully saturated rings. The summed E-state index contributed by atoms with van der Waals surface area (Å²) in [5, 5.41) is 9.73. The van der Waals surface area contributed by atoms with Gasteiger partial charge in [0.25, 0.3) is 0 Å². The number of carbonyl (C=O) groups excluding carboxylic acids is 1. The lowest BCUT2D eigenvalue weighted by Gasteiger charge is -2.26. The van der Waals surface area contributed by atoms with Crippen molar-refractivity contribution in [2.24, 2.45) is 12.8 Å². The fourth-order valence-electron chi connectivity index (χ4n) is 1.68. The highest BCUT2D eigenvalue weighted by Crippen LogP contribution is 2.18. The lowest BCUT2D eigenvalue weighted by atomic mass is 9.93. The summed E-state index contributed by atoms with van der Waals surface area (Å²) < 4.78 is 1.61. The molecule has 2 rings (SSSR count). The number of hydrogen-bond donors (Lipinski definition) is 3. The van der Waals surface area contributed by atoms with Crippen LogP contribution in [0.5, 0.6) is 0 Å². The molecule has 1 aliphatic carbocycles. The van der Waals surface area contributed by atoms with Crippen LogP contribution in [0.4, 0.5) is 10.6 Å². The fraction of sp³-hybridized carbons (Fsp3) is 0.600. The number of anilines is 1. The van der Waals surface area contributed by atoms with Gasteiger partial charge in [-0.3, -0.25) is 10.00 Å². The Morgan fingerprint density at radius 1 is 1.69 bits per heavy atom. The van der Waals surface area contributed by atoms with Gasteiger partial charge in [-0.25, -0.2) is 4.79 Å². The second-order valence-electron chi connectivity index (χ2n) is 4.07. The zero-order valence-corrected chi connectivity index (χ0v) is 9.36. The summed E-state index contributed by atoms with van der Waals surface area (Å²) in [7, 11) is 1.78. The second-order valence-corrected chi connectivity index (χ2v) is 4.07. The van der Waals surface area contributed by atoms with Crippen LogP contribution in [0.3, 0.4) is 0 Å². The van der Waals surface area contributed by atoms with Gasteiger partial charge in [0.1, 0.15) is 5.82 Å². The molecule has 88 valence electrons. The van der Waals surface area contributed by atoms with Gasteiger partial charge in [-0.1, -0.05) is 0 Å². The third-order valence-electron chi connectivity index (χ3n) is 2.91. The minimum atomic E-state index is -0.178. The van der Waals surface area contributed by atoms with Crippen molar-refractivity contribution in [2.45, 2.75) is 31.8 Å². The minimum Gasteiger partial charge on any atom is -0.335 e. The van der Waals surface area contributed by atoms with Crippen molar-refractivity contribution in [1.29, 1.82) is 0 Å². The summed E-state index contributed by atoms with van der Waals surface area (Å²) in [4.78, 5) is 11.6. The van der Waals surface area contributed by atoms with Crippen LogP contribution >= 0.6 is 0 Å². The lowest BCUT2D eigenvalue weighted by molar-refractivity contribution is 0.240. The van der Waals surface area contributed by atoms with Crippen molar-refractivity contribution >= 4 is 11.8 Å². The van der Waals surface area contributed by atoms with Crippen molar-refractivity contribution in [1.82, 2.24) is 15.1 Å². The van der Waals surface area contributed by atoms with Crippen LogP contribution in [0, 0.1) is 0 Å². The molecule has 0 unspecified atom stereocenters. The van der Waals surface area contributed by atoms with Gasteiger partial charge < -0.3 is 11.1 Å². The summed E-state index contributed by atoms with van der Waals surface area (Å²) >= 11 is 0. The van der Waals surface area contributed by atoms with E-state index in [4.69, 9.17) is 5.73 Å². The molecule has 6 heteroatoms.